The van der Waals surface area contributed by atoms with Gasteiger partial charge in [-0.05, 0) is 239 Å². The van der Waals surface area contributed by atoms with E-state index in [9.17, 15) is 24.9 Å². The Balaban J connectivity index is 0.796. The maximum absolute atomic E-state index is 12.1. The molecule has 0 heterocycles. The van der Waals surface area contributed by atoms with Gasteiger partial charge in [0, 0.05) is 12.8 Å². The minimum Gasteiger partial charge on any atom is -0.469 e. The molecule has 8 saturated carbocycles. The Labute approximate surface area is 383 Å². The molecule has 4 N–H and O–H groups in total. The number of nitrogens with one attached hydrogen (secondary N) is 1. The highest BCUT2D eigenvalue weighted by Crippen LogP contribution is 2.71. The molecule has 8 nitrogen and oxygen atoms in total. The highest BCUT2D eigenvalue weighted by molar-refractivity contribution is 5.69. The van der Waals surface area contributed by atoms with Crippen LogP contribution in [0.1, 0.15) is 177 Å². The molecule has 8 heteroatoms. The zero-order valence-electron chi connectivity index (χ0n) is 41.4. The number of methoxy groups -OCH3 is 2. The first-order chi connectivity index (χ1) is 29.9. The van der Waals surface area contributed by atoms with E-state index >= 15 is 0 Å². The number of hydrogen-bond donors (Lipinski definition) is 4. The van der Waals surface area contributed by atoms with Gasteiger partial charge in [0.1, 0.15) is 0 Å². The molecule has 8 rings (SSSR count). The fourth-order valence-corrected chi connectivity index (χ4v) is 19.5. The molecule has 0 bridgehead atoms. The first-order valence-electron chi connectivity index (χ1n) is 26.8. The van der Waals surface area contributed by atoms with Crippen molar-refractivity contribution in [3.8, 4) is 0 Å². The molecule has 0 amide bonds. The van der Waals surface area contributed by atoms with Crippen molar-refractivity contribution in [2.45, 2.75) is 195 Å². The van der Waals surface area contributed by atoms with Crippen LogP contribution >= 0.6 is 0 Å². The van der Waals surface area contributed by atoms with Crippen molar-refractivity contribution in [2.24, 2.45) is 110 Å². The molecule has 22 atom stereocenters. The van der Waals surface area contributed by atoms with Gasteiger partial charge in [0.15, 0.2) is 0 Å². The van der Waals surface area contributed by atoms with Gasteiger partial charge in [-0.2, -0.15) is 0 Å². The van der Waals surface area contributed by atoms with Gasteiger partial charge in [-0.25, -0.2) is 0 Å². The summed E-state index contributed by atoms with van der Waals surface area (Å²) in [6, 6.07) is 0. The summed E-state index contributed by atoms with van der Waals surface area (Å²) in [6.07, 6.45) is 20.6. The molecule has 18 unspecified atom stereocenters. The van der Waals surface area contributed by atoms with Gasteiger partial charge in [0.2, 0.25) is 0 Å². The largest absolute Gasteiger partial charge is 0.469 e. The summed E-state index contributed by atoms with van der Waals surface area (Å²) in [7, 11) is 2.95. The summed E-state index contributed by atoms with van der Waals surface area (Å²) in [6.45, 7) is 19.3. The lowest BCUT2D eigenvalue weighted by Crippen LogP contribution is -2.62. The molecule has 8 aliphatic rings. The summed E-state index contributed by atoms with van der Waals surface area (Å²) in [5, 5.41) is 40.1. The summed E-state index contributed by atoms with van der Waals surface area (Å²) >= 11 is 0. The van der Waals surface area contributed by atoms with Crippen LogP contribution in [-0.2, 0) is 19.1 Å². The predicted molar refractivity (Wildman–Crippen MR) is 249 cm³/mol. The van der Waals surface area contributed by atoms with Crippen LogP contribution < -0.4 is 5.32 Å². The van der Waals surface area contributed by atoms with Crippen molar-refractivity contribution in [1.82, 2.24) is 5.32 Å². The van der Waals surface area contributed by atoms with Gasteiger partial charge in [0.25, 0.3) is 0 Å². The molecular weight excluding hydrogens is 787 g/mol. The van der Waals surface area contributed by atoms with Crippen LogP contribution in [0.4, 0.5) is 0 Å². The maximum atomic E-state index is 12.1. The first-order valence-corrected chi connectivity index (χ1v) is 26.8. The highest BCUT2D eigenvalue weighted by atomic mass is 16.5. The molecule has 0 radical (unpaired) electrons. The monoisotopic (exact) mass is 880 g/mol. The number of esters is 2. The third kappa shape index (κ3) is 8.33. The summed E-state index contributed by atoms with van der Waals surface area (Å²) in [5.41, 5.74) is 0.276. The molecule has 8 aliphatic carbocycles. The van der Waals surface area contributed by atoms with E-state index < -0.39 is 0 Å². The van der Waals surface area contributed by atoms with E-state index in [1.807, 2.05) is 0 Å². The number of rotatable bonds is 14. The van der Waals surface area contributed by atoms with Crippen LogP contribution in [0.25, 0.3) is 0 Å². The van der Waals surface area contributed by atoms with E-state index in [4.69, 9.17) is 9.47 Å². The number of carbonyl (C=O) groups excluding carboxylic acids is 2. The molecule has 0 aliphatic heterocycles. The summed E-state index contributed by atoms with van der Waals surface area (Å²) in [5.74, 6) is 7.78. The molecule has 0 aromatic rings. The second kappa shape index (κ2) is 18.7. The Morgan fingerprint density at radius 1 is 0.603 bits per heavy atom. The van der Waals surface area contributed by atoms with Gasteiger partial charge in [0.05, 0.1) is 32.5 Å². The van der Waals surface area contributed by atoms with E-state index in [1.165, 1.54) is 84.8 Å². The maximum Gasteiger partial charge on any atom is 0.305 e. The van der Waals surface area contributed by atoms with Gasteiger partial charge >= 0.3 is 11.9 Å². The van der Waals surface area contributed by atoms with Crippen molar-refractivity contribution in [3.05, 3.63) is 0 Å². The van der Waals surface area contributed by atoms with E-state index in [0.29, 0.717) is 89.3 Å². The summed E-state index contributed by atoms with van der Waals surface area (Å²) < 4.78 is 9.92. The summed E-state index contributed by atoms with van der Waals surface area (Å²) in [4.78, 5) is 24.0. The second-order valence-corrected chi connectivity index (χ2v) is 25.4. The molecule has 360 valence electrons. The third-order valence-corrected chi connectivity index (χ3v) is 23.2. The number of ether oxygens (including phenoxy) is 2. The highest BCUT2D eigenvalue weighted by Gasteiger charge is 2.67. The predicted octanol–water partition coefficient (Wildman–Crippen LogP) is 10.2. The Morgan fingerprint density at radius 3 is 1.52 bits per heavy atom. The number of aliphatic hydroxyl groups is 3. The van der Waals surface area contributed by atoms with Crippen molar-refractivity contribution < 1.29 is 34.4 Å². The molecule has 63 heavy (non-hydrogen) atoms. The topological polar surface area (TPSA) is 125 Å². The zero-order valence-corrected chi connectivity index (χ0v) is 41.4. The second-order valence-electron chi connectivity index (χ2n) is 25.4. The number of aliphatic hydroxyl groups excluding tert-OH is 3. The third-order valence-electron chi connectivity index (χ3n) is 23.2. The minimum absolute atomic E-state index is 0.0504. The van der Waals surface area contributed by atoms with Crippen LogP contribution in [0.3, 0.4) is 0 Å². The standard InChI is InChI=1S/C55H93NO7/c1-32(10-16-48(60)62-8)39-12-14-41-50-34(3)26-37-27-35(18-22-52(37,4)43(50)30-46(58)54(39,41)6)20-24-56-25-21-36-19-23-53(5)38(28-36)29-45(57)51-42-15-13-40(33(2)11-17-49(61)63-9)55(42,7)47(59)31-44(51)53/h32-47,50-51,56-59H,10-31H2,1-9H3/t32?,33?,34-,35?,36?,37?,38?,39?,40?,41?,42?,43?,44?,45-,46+,47+,50?,51?,52?,53?,54?,55?/m1/s1. The average Bonchev–Trinajstić information content (AvgIpc) is 3.81. The molecule has 0 spiro atoms. The molecular formula is C55H93NO7. The van der Waals surface area contributed by atoms with E-state index in [0.717, 1.165) is 69.9 Å². The fourth-order valence-electron chi connectivity index (χ4n) is 19.5. The zero-order chi connectivity index (χ0) is 45.2. The SMILES string of the molecule is COC(=O)CCC(C)C1CCC2C3C(C[C@H](O)C12C)C1(C)CCC(CCNCCC2CCC4(C)C(C2)C[C@@H](O)C2C4C[C@H](O)C4(C)C(C(C)CCC(=O)OC)CCC24)CC1C[C@H]3C. The van der Waals surface area contributed by atoms with Crippen LogP contribution in [0.2, 0.25) is 0 Å². The van der Waals surface area contributed by atoms with Crippen LogP contribution in [-0.4, -0.2) is 72.9 Å². The molecule has 0 aromatic carbocycles. The normalized spacial score (nSPS) is 49.8. The van der Waals surface area contributed by atoms with Gasteiger partial charge < -0.3 is 30.1 Å². The van der Waals surface area contributed by atoms with E-state index in [2.05, 4.69) is 53.8 Å². The average molecular weight is 880 g/mol. The van der Waals surface area contributed by atoms with Gasteiger partial charge in [-0.15, -0.1) is 0 Å². The van der Waals surface area contributed by atoms with Crippen molar-refractivity contribution in [1.29, 1.82) is 0 Å². The number of hydrogen-bond acceptors (Lipinski definition) is 8. The Kier molecular flexibility index (Phi) is 14.3. The smallest absolute Gasteiger partial charge is 0.305 e. The number of fused-ring (bicyclic) bond motifs is 10. The fraction of sp³-hybridized carbons (Fsp3) is 0.964. The first kappa shape index (κ1) is 48.2. The minimum atomic E-state index is -0.351. The lowest BCUT2D eigenvalue weighted by Gasteiger charge is -2.64. The Bertz CT molecular complexity index is 1490. The Hall–Kier alpha value is -1.22. The lowest BCUT2D eigenvalue weighted by molar-refractivity contribution is -0.204. The molecule has 0 saturated heterocycles. The lowest BCUT2D eigenvalue weighted by atomic mass is 9.41. The number of carbonyl (C=O) groups is 2. The van der Waals surface area contributed by atoms with Crippen molar-refractivity contribution in [2.75, 3.05) is 27.3 Å². The van der Waals surface area contributed by atoms with E-state index in [-0.39, 0.29) is 52.4 Å². The van der Waals surface area contributed by atoms with Crippen LogP contribution in [0, 0.1) is 110 Å². The van der Waals surface area contributed by atoms with Crippen LogP contribution in [0.15, 0.2) is 0 Å². The van der Waals surface area contributed by atoms with E-state index in [1.54, 1.807) is 0 Å². The molecule has 8 fully saturated rings. The Morgan fingerprint density at radius 2 is 1.05 bits per heavy atom. The van der Waals surface area contributed by atoms with Crippen molar-refractivity contribution >= 4 is 11.9 Å². The van der Waals surface area contributed by atoms with Crippen LogP contribution in [0.5, 0.6) is 0 Å². The quantitative estimate of drug-likeness (QED) is 0.100. The molecule has 0 aromatic heterocycles. The van der Waals surface area contributed by atoms with Crippen molar-refractivity contribution in [3.63, 3.8) is 0 Å². The van der Waals surface area contributed by atoms with Gasteiger partial charge in [-0.3, -0.25) is 9.59 Å². The van der Waals surface area contributed by atoms with Gasteiger partial charge in [-0.1, -0.05) is 48.5 Å².